The smallest absolute Gasteiger partial charge is 0.132 e. The molecule has 2 aromatic heterocycles. The Morgan fingerprint density at radius 2 is 2.35 bits per heavy atom. The Morgan fingerprint density at radius 3 is 3.10 bits per heavy atom. The maximum atomic E-state index is 5.89. The second-order valence-corrected chi connectivity index (χ2v) is 5.92. The molecular formula is C15H19N3OS. The predicted molar refractivity (Wildman–Crippen MR) is 81.4 cm³/mol. The van der Waals surface area contributed by atoms with Crippen LogP contribution in [0.5, 0.6) is 0 Å². The van der Waals surface area contributed by atoms with E-state index in [0.29, 0.717) is 0 Å². The van der Waals surface area contributed by atoms with Gasteiger partial charge in [-0.1, -0.05) is 13.0 Å². The highest BCUT2D eigenvalue weighted by atomic mass is 32.1. The average molecular weight is 289 g/mol. The van der Waals surface area contributed by atoms with E-state index >= 15 is 0 Å². The summed E-state index contributed by atoms with van der Waals surface area (Å²) in [5.41, 5.74) is 1.10. The summed E-state index contributed by atoms with van der Waals surface area (Å²) in [6.07, 6.45) is 1.10. The molecular weight excluding hydrogens is 270 g/mol. The van der Waals surface area contributed by atoms with Gasteiger partial charge in [-0.15, -0.1) is 11.3 Å². The topological polar surface area (TPSA) is 38.2 Å². The average Bonchev–Trinajstić information content (AvgIpc) is 3.01. The van der Waals surface area contributed by atoms with Crippen LogP contribution in [0.15, 0.2) is 23.6 Å². The van der Waals surface area contributed by atoms with Crippen molar-refractivity contribution in [1.82, 2.24) is 9.97 Å². The molecule has 3 heterocycles. The zero-order valence-corrected chi connectivity index (χ0v) is 12.7. The Kier molecular flexibility index (Phi) is 3.98. The van der Waals surface area contributed by atoms with Crippen LogP contribution in [-0.2, 0) is 11.2 Å². The van der Waals surface area contributed by atoms with Crippen LogP contribution in [0.4, 0.5) is 5.82 Å². The number of aromatic nitrogens is 2. The Morgan fingerprint density at radius 1 is 1.45 bits per heavy atom. The van der Waals surface area contributed by atoms with Crippen molar-refractivity contribution in [3.63, 3.8) is 0 Å². The minimum Gasteiger partial charge on any atom is -0.369 e. The molecule has 1 fully saturated rings. The maximum absolute atomic E-state index is 5.89. The van der Waals surface area contributed by atoms with Gasteiger partial charge in [0.05, 0.1) is 13.2 Å². The third-order valence-electron chi connectivity index (χ3n) is 3.49. The molecule has 4 nitrogen and oxygen atoms in total. The number of rotatable bonds is 3. The highest BCUT2D eigenvalue weighted by molar-refractivity contribution is 7.10. The fourth-order valence-corrected chi connectivity index (χ4v) is 3.23. The normalized spacial score (nSPS) is 19.3. The molecule has 0 aliphatic carbocycles. The zero-order chi connectivity index (χ0) is 13.9. The van der Waals surface area contributed by atoms with E-state index in [9.17, 15) is 0 Å². The second kappa shape index (κ2) is 5.89. The summed E-state index contributed by atoms with van der Waals surface area (Å²) in [7, 11) is 0. The van der Waals surface area contributed by atoms with Crippen molar-refractivity contribution in [2.45, 2.75) is 26.4 Å². The number of thiophene rings is 1. The minimum atomic E-state index is 0.157. The predicted octanol–water partition coefficient (Wildman–Crippen LogP) is 2.99. The van der Waals surface area contributed by atoms with Crippen molar-refractivity contribution in [3.05, 3.63) is 40.0 Å². The Balaban J connectivity index is 1.81. The van der Waals surface area contributed by atoms with Crippen molar-refractivity contribution in [2.75, 3.05) is 24.6 Å². The number of ether oxygens (including phenoxy) is 1. The van der Waals surface area contributed by atoms with Gasteiger partial charge in [0.25, 0.3) is 0 Å². The molecule has 3 rings (SSSR count). The molecule has 1 atom stereocenters. The molecule has 1 saturated heterocycles. The monoisotopic (exact) mass is 289 g/mol. The van der Waals surface area contributed by atoms with Crippen LogP contribution in [0.25, 0.3) is 0 Å². The van der Waals surface area contributed by atoms with Crippen LogP contribution in [0.2, 0.25) is 0 Å². The molecule has 1 unspecified atom stereocenters. The van der Waals surface area contributed by atoms with E-state index in [-0.39, 0.29) is 6.10 Å². The maximum Gasteiger partial charge on any atom is 0.132 e. The van der Waals surface area contributed by atoms with E-state index < -0.39 is 0 Å². The number of nitrogens with zero attached hydrogens (tertiary/aromatic N) is 3. The van der Waals surface area contributed by atoms with E-state index in [0.717, 1.165) is 43.5 Å². The Labute approximate surface area is 123 Å². The Bertz CT molecular complexity index is 571. The summed E-state index contributed by atoms with van der Waals surface area (Å²) in [5, 5.41) is 2.10. The lowest BCUT2D eigenvalue weighted by molar-refractivity contribution is 0.0418. The van der Waals surface area contributed by atoms with Gasteiger partial charge >= 0.3 is 0 Å². The quantitative estimate of drug-likeness (QED) is 0.870. The number of anilines is 1. The number of hydrogen-bond donors (Lipinski definition) is 0. The number of hydrogen-bond acceptors (Lipinski definition) is 5. The van der Waals surface area contributed by atoms with Crippen LogP contribution in [0.3, 0.4) is 0 Å². The van der Waals surface area contributed by atoms with E-state index in [1.54, 1.807) is 11.3 Å². The number of aryl methyl sites for hydroxylation is 2. The van der Waals surface area contributed by atoms with Gasteiger partial charge in [0.2, 0.25) is 0 Å². The lowest BCUT2D eigenvalue weighted by Crippen LogP contribution is -2.38. The van der Waals surface area contributed by atoms with Gasteiger partial charge in [0.15, 0.2) is 0 Å². The molecule has 0 radical (unpaired) electrons. The first-order chi connectivity index (χ1) is 9.76. The molecule has 0 amide bonds. The van der Waals surface area contributed by atoms with Crippen LogP contribution in [0.1, 0.15) is 29.4 Å². The summed E-state index contributed by atoms with van der Waals surface area (Å²) >= 11 is 1.75. The van der Waals surface area contributed by atoms with E-state index in [1.807, 2.05) is 6.92 Å². The molecule has 0 N–H and O–H groups in total. The van der Waals surface area contributed by atoms with E-state index in [4.69, 9.17) is 4.74 Å². The van der Waals surface area contributed by atoms with Crippen LogP contribution in [0, 0.1) is 6.92 Å². The standard InChI is InChI=1S/C15H19N3OS/c1-3-12-9-15(17-11(2)16-12)18-6-7-19-13(10-18)14-5-4-8-20-14/h4-5,8-9,13H,3,6-7,10H2,1-2H3. The largest absolute Gasteiger partial charge is 0.369 e. The first-order valence-corrected chi connectivity index (χ1v) is 7.88. The van der Waals surface area contributed by atoms with Crippen molar-refractivity contribution in [3.8, 4) is 0 Å². The molecule has 0 saturated carbocycles. The zero-order valence-electron chi connectivity index (χ0n) is 11.9. The van der Waals surface area contributed by atoms with Crippen molar-refractivity contribution < 1.29 is 4.74 Å². The summed E-state index contributed by atoms with van der Waals surface area (Å²) in [5.74, 6) is 1.87. The molecule has 2 aromatic rings. The van der Waals surface area contributed by atoms with Crippen molar-refractivity contribution in [2.24, 2.45) is 0 Å². The minimum absolute atomic E-state index is 0.157. The molecule has 5 heteroatoms. The van der Waals surface area contributed by atoms with Crippen LogP contribution < -0.4 is 4.90 Å². The fourth-order valence-electron chi connectivity index (χ4n) is 2.46. The molecule has 0 bridgehead atoms. The van der Waals surface area contributed by atoms with E-state index in [2.05, 4.69) is 45.4 Å². The first-order valence-electron chi connectivity index (χ1n) is 7.00. The lowest BCUT2D eigenvalue weighted by Gasteiger charge is -2.33. The van der Waals surface area contributed by atoms with Gasteiger partial charge < -0.3 is 9.64 Å². The van der Waals surface area contributed by atoms with E-state index in [1.165, 1.54) is 4.88 Å². The van der Waals surface area contributed by atoms with Gasteiger partial charge in [-0.3, -0.25) is 0 Å². The van der Waals surface area contributed by atoms with Gasteiger partial charge in [-0.05, 0) is 24.8 Å². The van der Waals surface area contributed by atoms with Crippen molar-refractivity contribution in [1.29, 1.82) is 0 Å². The summed E-state index contributed by atoms with van der Waals surface area (Å²) in [6.45, 7) is 6.58. The molecule has 0 spiro atoms. The highest BCUT2D eigenvalue weighted by Crippen LogP contribution is 2.28. The summed E-state index contributed by atoms with van der Waals surface area (Å²) in [4.78, 5) is 12.6. The third-order valence-corrected chi connectivity index (χ3v) is 4.46. The number of morpholine rings is 1. The molecule has 106 valence electrons. The highest BCUT2D eigenvalue weighted by Gasteiger charge is 2.24. The molecule has 0 aromatic carbocycles. The lowest BCUT2D eigenvalue weighted by atomic mass is 10.2. The third kappa shape index (κ3) is 2.83. The molecule has 1 aliphatic rings. The van der Waals surface area contributed by atoms with Gasteiger partial charge in [0, 0.05) is 23.2 Å². The van der Waals surface area contributed by atoms with Crippen LogP contribution >= 0.6 is 11.3 Å². The van der Waals surface area contributed by atoms with Gasteiger partial charge in [-0.2, -0.15) is 0 Å². The molecule has 20 heavy (non-hydrogen) atoms. The fraction of sp³-hybridized carbons (Fsp3) is 0.467. The SMILES string of the molecule is CCc1cc(N2CCOC(c3cccs3)C2)nc(C)n1. The summed E-state index contributed by atoms with van der Waals surface area (Å²) in [6, 6.07) is 6.32. The summed E-state index contributed by atoms with van der Waals surface area (Å²) < 4.78 is 5.89. The first kappa shape index (κ1) is 13.5. The molecule has 1 aliphatic heterocycles. The second-order valence-electron chi connectivity index (χ2n) is 4.94. The van der Waals surface area contributed by atoms with Crippen LogP contribution in [-0.4, -0.2) is 29.7 Å². The van der Waals surface area contributed by atoms with Gasteiger partial charge in [0.1, 0.15) is 17.7 Å². The van der Waals surface area contributed by atoms with Gasteiger partial charge in [-0.25, -0.2) is 9.97 Å². The van der Waals surface area contributed by atoms with Crippen molar-refractivity contribution >= 4 is 17.2 Å². The Hall–Kier alpha value is -1.46.